The molecule has 0 aromatic heterocycles. The minimum absolute atomic E-state index is 0.0972. The average Bonchev–Trinajstić information content (AvgIpc) is 2.90. The number of nitrogens with one attached hydrogen (secondary N) is 1. The van der Waals surface area contributed by atoms with Crippen molar-refractivity contribution in [2.24, 2.45) is 0 Å². The molecule has 0 unspecified atom stereocenters. The SMILES string of the molecule is COCCCNC(=O)[C@H](Cc1ccccc1)N(Cc1ccc(OC)cc1)C(=O)Cc1ccccc1. The van der Waals surface area contributed by atoms with Crippen molar-refractivity contribution in [1.82, 2.24) is 10.2 Å². The molecule has 0 saturated heterocycles. The maximum Gasteiger partial charge on any atom is 0.243 e. The van der Waals surface area contributed by atoms with Crippen LogP contribution >= 0.6 is 0 Å². The molecule has 0 saturated carbocycles. The Morgan fingerprint density at radius 1 is 0.829 bits per heavy atom. The predicted molar refractivity (Wildman–Crippen MR) is 137 cm³/mol. The zero-order valence-electron chi connectivity index (χ0n) is 20.5. The summed E-state index contributed by atoms with van der Waals surface area (Å²) in [6.45, 7) is 1.37. The fraction of sp³-hybridized carbons (Fsp3) is 0.310. The first-order valence-electron chi connectivity index (χ1n) is 11.9. The van der Waals surface area contributed by atoms with Gasteiger partial charge in [0.1, 0.15) is 11.8 Å². The van der Waals surface area contributed by atoms with Gasteiger partial charge in [-0.25, -0.2) is 0 Å². The lowest BCUT2D eigenvalue weighted by Crippen LogP contribution is -2.51. The lowest BCUT2D eigenvalue weighted by Gasteiger charge is -2.32. The highest BCUT2D eigenvalue weighted by atomic mass is 16.5. The number of amides is 2. The number of hydrogen-bond acceptors (Lipinski definition) is 4. The minimum Gasteiger partial charge on any atom is -0.497 e. The molecular formula is C29H34N2O4. The smallest absolute Gasteiger partial charge is 0.243 e. The Morgan fingerprint density at radius 3 is 2.06 bits per heavy atom. The van der Waals surface area contributed by atoms with E-state index in [0.717, 1.165) is 22.4 Å². The Bertz CT molecular complexity index is 1040. The maximum absolute atomic E-state index is 13.7. The van der Waals surface area contributed by atoms with Crippen LogP contribution in [0.1, 0.15) is 23.1 Å². The molecule has 184 valence electrons. The van der Waals surface area contributed by atoms with Gasteiger partial charge < -0.3 is 19.7 Å². The van der Waals surface area contributed by atoms with Gasteiger partial charge in [-0.2, -0.15) is 0 Å². The number of nitrogens with zero attached hydrogens (tertiary/aromatic N) is 1. The monoisotopic (exact) mass is 474 g/mol. The van der Waals surface area contributed by atoms with Gasteiger partial charge >= 0.3 is 0 Å². The van der Waals surface area contributed by atoms with Crippen LogP contribution < -0.4 is 10.1 Å². The Labute approximate surface area is 207 Å². The quantitative estimate of drug-likeness (QED) is 0.380. The summed E-state index contributed by atoms with van der Waals surface area (Å²) in [5, 5.41) is 3.01. The second-order valence-corrected chi connectivity index (χ2v) is 8.37. The van der Waals surface area contributed by atoms with Gasteiger partial charge in [-0.05, 0) is 35.2 Å². The van der Waals surface area contributed by atoms with Crippen LogP contribution in [0.5, 0.6) is 5.75 Å². The van der Waals surface area contributed by atoms with Crippen LogP contribution in [0.4, 0.5) is 0 Å². The summed E-state index contributed by atoms with van der Waals surface area (Å²) in [4.78, 5) is 28.8. The van der Waals surface area contributed by atoms with E-state index in [4.69, 9.17) is 9.47 Å². The highest BCUT2D eigenvalue weighted by Gasteiger charge is 2.30. The highest BCUT2D eigenvalue weighted by molar-refractivity contribution is 5.88. The molecule has 1 N–H and O–H groups in total. The molecule has 6 heteroatoms. The van der Waals surface area contributed by atoms with E-state index in [9.17, 15) is 9.59 Å². The largest absolute Gasteiger partial charge is 0.497 e. The van der Waals surface area contributed by atoms with Crippen molar-refractivity contribution in [1.29, 1.82) is 0 Å². The molecule has 6 nitrogen and oxygen atoms in total. The Kier molecular flexibility index (Phi) is 10.3. The zero-order valence-corrected chi connectivity index (χ0v) is 20.5. The second kappa shape index (κ2) is 13.9. The molecule has 0 aliphatic heterocycles. The van der Waals surface area contributed by atoms with Gasteiger partial charge in [0.15, 0.2) is 0 Å². The first-order chi connectivity index (χ1) is 17.1. The summed E-state index contributed by atoms with van der Waals surface area (Å²) in [5.74, 6) is 0.479. The second-order valence-electron chi connectivity index (χ2n) is 8.37. The molecule has 35 heavy (non-hydrogen) atoms. The van der Waals surface area contributed by atoms with E-state index in [1.54, 1.807) is 19.1 Å². The Hall–Kier alpha value is -3.64. The molecule has 2 amide bonds. The summed E-state index contributed by atoms with van der Waals surface area (Å²) in [5.41, 5.74) is 2.84. The molecule has 0 fully saturated rings. The summed E-state index contributed by atoms with van der Waals surface area (Å²) in [7, 11) is 3.26. The van der Waals surface area contributed by atoms with E-state index < -0.39 is 6.04 Å². The average molecular weight is 475 g/mol. The molecule has 3 aromatic rings. The van der Waals surface area contributed by atoms with Crippen molar-refractivity contribution in [3.8, 4) is 5.75 Å². The van der Waals surface area contributed by atoms with Gasteiger partial charge in [0.2, 0.25) is 11.8 Å². The molecule has 0 heterocycles. The third-order valence-electron chi connectivity index (χ3n) is 5.81. The van der Waals surface area contributed by atoms with E-state index >= 15 is 0 Å². The van der Waals surface area contributed by atoms with Crippen LogP contribution in [-0.2, 0) is 33.7 Å². The van der Waals surface area contributed by atoms with E-state index in [1.165, 1.54) is 0 Å². The van der Waals surface area contributed by atoms with Crippen LogP contribution in [0.3, 0.4) is 0 Å². The summed E-state index contributed by atoms with van der Waals surface area (Å²) >= 11 is 0. The maximum atomic E-state index is 13.7. The zero-order chi connectivity index (χ0) is 24.9. The number of carbonyl (C=O) groups excluding carboxylic acids is 2. The highest BCUT2D eigenvalue weighted by Crippen LogP contribution is 2.18. The Balaban J connectivity index is 1.90. The number of benzene rings is 3. The summed E-state index contributed by atoms with van der Waals surface area (Å²) in [6, 6.07) is 26.4. The van der Waals surface area contributed by atoms with Crippen molar-refractivity contribution in [3.63, 3.8) is 0 Å². The molecule has 3 aromatic carbocycles. The van der Waals surface area contributed by atoms with Crippen LogP contribution in [0.15, 0.2) is 84.9 Å². The van der Waals surface area contributed by atoms with E-state index in [1.807, 2.05) is 84.9 Å². The fourth-order valence-electron chi connectivity index (χ4n) is 3.90. The molecule has 0 radical (unpaired) electrons. The van der Waals surface area contributed by atoms with Crippen molar-refractivity contribution in [2.45, 2.75) is 31.8 Å². The first kappa shape index (κ1) is 26.0. The standard InChI is InChI=1S/C29H34N2O4/c1-34-19-9-18-30-29(33)27(20-23-10-5-3-6-11-23)31(22-25-14-16-26(35-2)17-15-25)28(32)21-24-12-7-4-8-13-24/h3-8,10-17,27H,9,18-22H2,1-2H3,(H,30,33)/t27-/m0/s1. The number of methoxy groups -OCH3 is 2. The molecule has 0 aliphatic carbocycles. The van der Waals surface area contributed by atoms with Crippen LogP contribution in [0.25, 0.3) is 0 Å². The number of carbonyl (C=O) groups is 2. The third kappa shape index (κ3) is 8.26. The first-order valence-corrected chi connectivity index (χ1v) is 11.9. The molecule has 0 spiro atoms. The van der Waals surface area contributed by atoms with Crippen molar-refractivity contribution < 1.29 is 19.1 Å². The van der Waals surface area contributed by atoms with Gasteiger partial charge in [-0.15, -0.1) is 0 Å². The van der Waals surface area contributed by atoms with E-state index in [0.29, 0.717) is 32.5 Å². The van der Waals surface area contributed by atoms with Crippen LogP contribution in [0, 0.1) is 0 Å². The minimum atomic E-state index is -0.654. The van der Waals surface area contributed by atoms with Crippen LogP contribution in [-0.4, -0.2) is 50.1 Å². The third-order valence-corrected chi connectivity index (χ3v) is 5.81. The van der Waals surface area contributed by atoms with E-state index in [-0.39, 0.29) is 18.2 Å². The summed E-state index contributed by atoms with van der Waals surface area (Å²) < 4.78 is 10.4. The van der Waals surface area contributed by atoms with Gasteiger partial charge in [-0.1, -0.05) is 72.8 Å². The van der Waals surface area contributed by atoms with Gasteiger partial charge in [0.25, 0.3) is 0 Å². The van der Waals surface area contributed by atoms with Gasteiger partial charge in [-0.3, -0.25) is 9.59 Å². The van der Waals surface area contributed by atoms with Crippen LogP contribution in [0.2, 0.25) is 0 Å². The number of hydrogen-bond donors (Lipinski definition) is 1. The molecule has 3 rings (SSSR count). The molecule has 1 atom stereocenters. The number of rotatable bonds is 13. The topological polar surface area (TPSA) is 67.9 Å². The predicted octanol–water partition coefficient (Wildman–Crippen LogP) is 4.03. The lowest BCUT2D eigenvalue weighted by molar-refractivity contribution is -0.140. The van der Waals surface area contributed by atoms with Gasteiger partial charge in [0.05, 0.1) is 13.5 Å². The Morgan fingerprint density at radius 2 is 1.46 bits per heavy atom. The van der Waals surface area contributed by atoms with E-state index in [2.05, 4.69) is 5.32 Å². The van der Waals surface area contributed by atoms with Crippen molar-refractivity contribution >= 4 is 11.8 Å². The van der Waals surface area contributed by atoms with Gasteiger partial charge in [0, 0.05) is 33.2 Å². The fourth-order valence-corrected chi connectivity index (χ4v) is 3.90. The molecular weight excluding hydrogens is 440 g/mol. The van der Waals surface area contributed by atoms with Crippen molar-refractivity contribution in [2.75, 3.05) is 27.4 Å². The number of ether oxygens (including phenoxy) is 2. The molecule has 0 bridgehead atoms. The molecule has 0 aliphatic rings. The normalized spacial score (nSPS) is 11.5. The summed E-state index contributed by atoms with van der Waals surface area (Å²) in [6.07, 6.45) is 1.35. The van der Waals surface area contributed by atoms with Crippen molar-refractivity contribution in [3.05, 3.63) is 102 Å². The lowest BCUT2D eigenvalue weighted by atomic mass is 10.0.